The summed E-state index contributed by atoms with van der Waals surface area (Å²) in [4.78, 5) is 15.0. The standard InChI is InChI=1S/C58H45N3/c1-3-5-22-41(4-2)56-59-57(48-31-19-10-20-32-48)61-58(60-56)50-34-21-33-49(39-50)42-35-37-44(38-36-42)52-40-51(43-23-11-6-12-24-43)53(45-25-13-7-14-26-45)55(47-29-17-9-18-30-47)54(52)46-27-15-8-16-28-46/h4-40H,3H2,1-2H3/b22-5-,41-4+. The molecule has 0 aliphatic rings. The average Bonchev–Trinajstić information content (AvgIpc) is 3.35. The first-order valence-electron chi connectivity index (χ1n) is 21.0. The van der Waals surface area contributed by atoms with Gasteiger partial charge in [0.15, 0.2) is 17.5 Å². The van der Waals surface area contributed by atoms with Gasteiger partial charge in [-0.15, -0.1) is 0 Å². The number of aromatic nitrogens is 3. The highest BCUT2D eigenvalue weighted by Gasteiger charge is 2.24. The van der Waals surface area contributed by atoms with E-state index in [-0.39, 0.29) is 0 Å². The first-order valence-corrected chi connectivity index (χ1v) is 21.0. The number of benzene rings is 8. The van der Waals surface area contributed by atoms with E-state index in [1.807, 2.05) is 37.3 Å². The largest absolute Gasteiger partial charge is 0.208 e. The van der Waals surface area contributed by atoms with Crippen LogP contribution in [0.1, 0.15) is 26.1 Å². The van der Waals surface area contributed by atoms with Gasteiger partial charge >= 0.3 is 0 Å². The van der Waals surface area contributed by atoms with E-state index in [0.29, 0.717) is 17.5 Å². The molecule has 0 radical (unpaired) electrons. The van der Waals surface area contributed by atoms with Crippen LogP contribution in [0.5, 0.6) is 0 Å². The topological polar surface area (TPSA) is 38.7 Å². The van der Waals surface area contributed by atoms with Crippen LogP contribution in [0, 0.1) is 0 Å². The molecule has 8 aromatic carbocycles. The number of nitrogens with zero attached hydrogens (tertiary/aromatic N) is 3. The van der Waals surface area contributed by atoms with Crippen molar-refractivity contribution in [1.29, 1.82) is 0 Å². The maximum Gasteiger partial charge on any atom is 0.164 e. The molecule has 61 heavy (non-hydrogen) atoms. The van der Waals surface area contributed by atoms with Crippen molar-refractivity contribution in [2.45, 2.75) is 20.3 Å². The van der Waals surface area contributed by atoms with Crippen molar-refractivity contribution in [2.24, 2.45) is 0 Å². The van der Waals surface area contributed by atoms with Crippen LogP contribution in [0.4, 0.5) is 0 Å². The van der Waals surface area contributed by atoms with E-state index >= 15 is 0 Å². The lowest BCUT2D eigenvalue weighted by Gasteiger charge is -2.24. The molecule has 1 aromatic heterocycles. The highest BCUT2D eigenvalue weighted by Crippen LogP contribution is 2.50. The maximum absolute atomic E-state index is 5.03. The van der Waals surface area contributed by atoms with Crippen LogP contribution < -0.4 is 0 Å². The van der Waals surface area contributed by atoms with Gasteiger partial charge in [-0.05, 0) is 92.2 Å². The van der Waals surface area contributed by atoms with Crippen LogP contribution in [0.2, 0.25) is 0 Å². The molecule has 0 aliphatic heterocycles. The molecule has 0 saturated heterocycles. The molecule has 9 aromatic rings. The molecule has 0 atom stereocenters. The third kappa shape index (κ3) is 8.28. The number of allylic oxidation sites excluding steroid dienone is 4. The van der Waals surface area contributed by atoms with E-state index in [2.05, 4.69) is 201 Å². The van der Waals surface area contributed by atoms with Crippen LogP contribution in [0.3, 0.4) is 0 Å². The molecule has 1 heterocycles. The minimum atomic E-state index is 0.638. The van der Waals surface area contributed by atoms with Crippen molar-refractivity contribution < 1.29 is 0 Å². The molecule has 0 amide bonds. The van der Waals surface area contributed by atoms with Crippen LogP contribution >= 0.6 is 0 Å². The zero-order valence-electron chi connectivity index (χ0n) is 34.4. The Morgan fingerprint density at radius 2 is 0.787 bits per heavy atom. The predicted molar refractivity (Wildman–Crippen MR) is 256 cm³/mol. The fourth-order valence-corrected chi connectivity index (χ4v) is 8.03. The van der Waals surface area contributed by atoms with Crippen molar-refractivity contribution >= 4 is 5.57 Å². The van der Waals surface area contributed by atoms with E-state index < -0.39 is 0 Å². The van der Waals surface area contributed by atoms with E-state index in [0.717, 1.165) is 39.8 Å². The Kier molecular flexibility index (Phi) is 11.5. The first-order chi connectivity index (χ1) is 30.2. The Bertz CT molecular complexity index is 2960. The summed E-state index contributed by atoms with van der Waals surface area (Å²) in [5.41, 5.74) is 16.9. The third-order valence-electron chi connectivity index (χ3n) is 11.0. The maximum atomic E-state index is 5.03. The summed E-state index contributed by atoms with van der Waals surface area (Å²) in [6, 6.07) is 73.3. The number of hydrogen-bond donors (Lipinski definition) is 0. The molecule has 292 valence electrons. The van der Waals surface area contributed by atoms with Crippen molar-refractivity contribution in [2.75, 3.05) is 0 Å². The number of hydrogen-bond acceptors (Lipinski definition) is 3. The van der Waals surface area contributed by atoms with Gasteiger partial charge < -0.3 is 0 Å². The fraction of sp³-hybridized carbons (Fsp3) is 0.0517. The third-order valence-corrected chi connectivity index (χ3v) is 11.0. The predicted octanol–water partition coefficient (Wildman–Crippen LogP) is 15.6. The summed E-state index contributed by atoms with van der Waals surface area (Å²) >= 11 is 0. The van der Waals surface area contributed by atoms with Gasteiger partial charge in [-0.3, -0.25) is 0 Å². The lowest BCUT2D eigenvalue weighted by molar-refractivity contribution is 1.04. The normalized spacial score (nSPS) is 11.5. The molecule has 0 bridgehead atoms. The van der Waals surface area contributed by atoms with E-state index in [1.54, 1.807) is 0 Å². The summed E-state index contributed by atoms with van der Waals surface area (Å²) in [7, 11) is 0. The van der Waals surface area contributed by atoms with Crippen molar-refractivity contribution in [1.82, 2.24) is 15.0 Å². The van der Waals surface area contributed by atoms with Crippen LogP contribution in [0.15, 0.2) is 224 Å². The van der Waals surface area contributed by atoms with Gasteiger partial charge in [0.05, 0.1) is 0 Å². The van der Waals surface area contributed by atoms with Crippen molar-refractivity contribution in [3.8, 4) is 89.5 Å². The summed E-state index contributed by atoms with van der Waals surface area (Å²) < 4.78 is 0. The zero-order chi connectivity index (χ0) is 41.4. The second-order valence-corrected chi connectivity index (χ2v) is 14.9. The average molecular weight is 784 g/mol. The van der Waals surface area contributed by atoms with Gasteiger partial charge in [0.1, 0.15) is 0 Å². The van der Waals surface area contributed by atoms with E-state index in [1.165, 1.54) is 50.1 Å². The second kappa shape index (κ2) is 18.0. The van der Waals surface area contributed by atoms with Gasteiger partial charge in [0, 0.05) is 16.7 Å². The molecule has 0 fully saturated rings. The van der Waals surface area contributed by atoms with Crippen molar-refractivity contribution in [3.63, 3.8) is 0 Å². The van der Waals surface area contributed by atoms with Gasteiger partial charge in [-0.1, -0.05) is 219 Å². The molecule has 0 spiro atoms. The summed E-state index contributed by atoms with van der Waals surface area (Å²) in [6.45, 7) is 4.15. The Morgan fingerprint density at radius 1 is 0.377 bits per heavy atom. The Balaban J connectivity index is 1.20. The van der Waals surface area contributed by atoms with Crippen molar-refractivity contribution in [3.05, 3.63) is 230 Å². The molecular formula is C58H45N3. The smallest absolute Gasteiger partial charge is 0.164 e. The Hall–Kier alpha value is -7.75. The number of rotatable bonds is 11. The van der Waals surface area contributed by atoms with Gasteiger partial charge in [-0.25, -0.2) is 15.0 Å². The van der Waals surface area contributed by atoms with Gasteiger partial charge in [-0.2, -0.15) is 0 Å². The van der Waals surface area contributed by atoms with Crippen LogP contribution in [-0.4, -0.2) is 15.0 Å². The minimum Gasteiger partial charge on any atom is -0.208 e. The SMILES string of the molecule is C/C=C(\C=C/CC)c1nc(-c2ccccc2)nc(-c2cccc(-c3ccc(-c4cc(-c5ccccc5)c(-c5ccccc5)c(-c5ccccc5)c4-c4ccccc4)cc3)c2)n1. The summed E-state index contributed by atoms with van der Waals surface area (Å²) in [6.07, 6.45) is 7.21. The highest BCUT2D eigenvalue weighted by molar-refractivity contribution is 6.07. The van der Waals surface area contributed by atoms with Gasteiger partial charge in [0.2, 0.25) is 0 Å². The monoisotopic (exact) mass is 783 g/mol. The highest BCUT2D eigenvalue weighted by atomic mass is 15.0. The van der Waals surface area contributed by atoms with Crippen LogP contribution in [-0.2, 0) is 0 Å². The fourth-order valence-electron chi connectivity index (χ4n) is 8.03. The lowest BCUT2D eigenvalue weighted by atomic mass is 9.79. The first kappa shape index (κ1) is 38.8. The second-order valence-electron chi connectivity index (χ2n) is 14.9. The Morgan fingerprint density at radius 3 is 1.30 bits per heavy atom. The van der Waals surface area contributed by atoms with E-state index in [9.17, 15) is 0 Å². The molecule has 0 aliphatic carbocycles. The van der Waals surface area contributed by atoms with Gasteiger partial charge in [0.25, 0.3) is 0 Å². The molecule has 0 unspecified atom stereocenters. The molecule has 0 N–H and O–H groups in total. The molecule has 3 nitrogen and oxygen atoms in total. The lowest BCUT2D eigenvalue weighted by Crippen LogP contribution is -2.02. The Labute approximate surface area is 359 Å². The van der Waals surface area contributed by atoms with E-state index in [4.69, 9.17) is 15.0 Å². The minimum absolute atomic E-state index is 0.638. The van der Waals surface area contributed by atoms with Crippen LogP contribution in [0.25, 0.3) is 95.1 Å². The summed E-state index contributed by atoms with van der Waals surface area (Å²) in [5.74, 6) is 1.94. The molecule has 9 rings (SSSR count). The molecular weight excluding hydrogens is 739 g/mol. The molecule has 0 saturated carbocycles. The summed E-state index contributed by atoms with van der Waals surface area (Å²) in [5, 5.41) is 0. The quantitative estimate of drug-likeness (QED) is 0.123. The molecule has 3 heteroatoms. The zero-order valence-corrected chi connectivity index (χ0v) is 34.4.